The summed E-state index contributed by atoms with van der Waals surface area (Å²) in [6.07, 6.45) is 1.15. The molecule has 0 spiro atoms. The number of hydrogen-bond acceptors (Lipinski definition) is 3. The molecule has 0 aromatic rings. The largest absolute Gasteiger partial charge is 0.309 e. The number of nitrogens with zero attached hydrogens (tertiary/aromatic N) is 5. The molecular weight excluding hydrogens is 237 g/mol. The number of halogens is 2. The van der Waals surface area contributed by atoms with Crippen molar-refractivity contribution in [1.82, 2.24) is 9.80 Å². The smallest absolute Gasteiger partial charge is 0.0385 e. The first kappa shape index (κ1) is 20.3. The second-order valence-electron chi connectivity index (χ2n) is 3.41. The summed E-state index contributed by atoms with van der Waals surface area (Å²) in [5.41, 5.74) is 8.06. The van der Waals surface area contributed by atoms with E-state index in [-0.39, 0.29) is 24.8 Å². The van der Waals surface area contributed by atoms with E-state index in [0.717, 1.165) is 26.1 Å². The van der Waals surface area contributed by atoms with Crippen LogP contribution in [0.15, 0.2) is 5.11 Å². The summed E-state index contributed by atoms with van der Waals surface area (Å²) < 4.78 is 0. The molecule has 0 aliphatic rings. The number of likely N-dealkylation sites (N-methyl/N-ethyl adjacent to an activating group) is 1. The van der Waals surface area contributed by atoms with E-state index in [0.29, 0.717) is 6.54 Å². The number of rotatable bonds is 7. The Bertz CT molecular complexity index is 170. The Labute approximate surface area is 104 Å². The van der Waals surface area contributed by atoms with Crippen LogP contribution in [0.4, 0.5) is 0 Å². The minimum absolute atomic E-state index is 0. The Balaban J connectivity index is -0.000000720. The highest BCUT2D eigenvalue weighted by atomic mass is 35.5. The van der Waals surface area contributed by atoms with E-state index in [1.165, 1.54) is 0 Å². The molecule has 0 aromatic heterocycles. The number of hydrogen-bond donors (Lipinski definition) is 0. The van der Waals surface area contributed by atoms with Crippen LogP contribution in [0, 0.1) is 0 Å². The molecule has 0 amide bonds. The molecule has 15 heavy (non-hydrogen) atoms. The first-order valence-electron chi connectivity index (χ1n) is 4.51. The van der Waals surface area contributed by atoms with Crippen LogP contribution in [0.5, 0.6) is 0 Å². The first-order valence-corrected chi connectivity index (χ1v) is 4.51. The van der Waals surface area contributed by atoms with Crippen LogP contribution >= 0.6 is 24.8 Å². The Morgan fingerprint density at radius 1 is 1.07 bits per heavy atom. The predicted octanol–water partition coefficient (Wildman–Crippen LogP) is 2.02. The molecule has 0 rings (SSSR count). The van der Waals surface area contributed by atoms with Gasteiger partial charge in [0.25, 0.3) is 0 Å². The van der Waals surface area contributed by atoms with Crippen molar-refractivity contribution in [3.63, 3.8) is 0 Å². The van der Waals surface area contributed by atoms with Crippen LogP contribution < -0.4 is 0 Å². The zero-order valence-corrected chi connectivity index (χ0v) is 11.2. The molecule has 0 saturated carbocycles. The Morgan fingerprint density at radius 2 is 1.67 bits per heavy atom. The number of azide groups is 1. The van der Waals surface area contributed by atoms with Crippen molar-refractivity contribution < 1.29 is 0 Å². The van der Waals surface area contributed by atoms with E-state index < -0.39 is 0 Å². The fourth-order valence-corrected chi connectivity index (χ4v) is 1.03. The van der Waals surface area contributed by atoms with Gasteiger partial charge in [0.15, 0.2) is 0 Å². The monoisotopic (exact) mass is 257 g/mol. The van der Waals surface area contributed by atoms with Gasteiger partial charge in [0, 0.05) is 18.0 Å². The molecule has 0 N–H and O–H groups in total. The fourth-order valence-electron chi connectivity index (χ4n) is 1.03. The standard InChI is InChI=1S/C8H19N5.2ClH/c1-12(2)6-4-7-13(3)8-5-10-11-9;;/h4-8H2,1-3H3;2*1H. The summed E-state index contributed by atoms with van der Waals surface area (Å²) in [5.74, 6) is 0. The quantitative estimate of drug-likeness (QED) is 0.398. The lowest BCUT2D eigenvalue weighted by atomic mass is 10.4. The van der Waals surface area contributed by atoms with Gasteiger partial charge < -0.3 is 9.80 Å². The van der Waals surface area contributed by atoms with Gasteiger partial charge in [-0.2, -0.15) is 0 Å². The molecule has 0 radical (unpaired) electrons. The van der Waals surface area contributed by atoms with Crippen molar-refractivity contribution in [2.45, 2.75) is 6.42 Å². The average molecular weight is 258 g/mol. The molecule has 0 atom stereocenters. The van der Waals surface area contributed by atoms with Crippen LogP contribution in [0.1, 0.15) is 6.42 Å². The summed E-state index contributed by atoms with van der Waals surface area (Å²) in [6.45, 7) is 3.57. The molecule has 0 aliphatic carbocycles. The van der Waals surface area contributed by atoms with Crippen molar-refractivity contribution in [1.29, 1.82) is 0 Å². The Morgan fingerprint density at radius 3 is 2.13 bits per heavy atom. The lowest BCUT2D eigenvalue weighted by molar-refractivity contribution is 0.306. The summed E-state index contributed by atoms with van der Waals surface area (Å²) >= 11 is 0. The van der Waals surface area contributed by atoms with Crippen molar-refractivity contribution in [2.75, 3.05) is 47.3 Å². The normalized spacial score (nSPS) is 9.13. The maximum absolute atomic E-state index is 8.06. The minimum atomic E-state index is 0. The highest BCUT2D eigenvalue weighted by Crippen LogP contribution is 1.89. The van der Waals surface area contributed by atoms with E-state index in [2.05, 4.69) is 33.9 Å². The summed E-state index contributed by atoms with van der Waals surface area (Å²) in [6, 6.07) is 0. The molecule has 7 heteroatoms. The van der Waals surface area contributed by atoms with E-state index in [9.17, 15) is 0 Å². The van der Waals surface area contributed by atoms with Gasteiger partial charge in [-0.05, 0) is 46.2 Å². The van der Waals surface area contributed by atoms with E-state index in [1.54, 1.807) is 0 Å². The second-order valence-corrected chi connectivity index (χ2v) is 3.41. The zero-order chi connectivity index (χ0) is 10.1. The van der Waals surface area contributed by atoms with E-state index in [1.807, 2.05) is 7.05 Å². The maximum Gasteiger partial charge on any atom is 0.0385 e. The van der Waals surface area contributed by atoms with Crippen LogP contribution in [0.3, 0.4) is 0 Å². The van der Waals surface area contributed by atoms with Gasteiger partial charge in [-0.1, -0.05) is 5.11 Å². The summed E-state index contributed by atoms with van der Waals surface area (Å²) in [5, 5.41) is 3.48. The van der Waals surface area contributed by atoms with Crippen LogP contribution in [-0.2, 0) is 0 Å². The summed E-state index contributed by atoms with van der Waals surface area (Å²) in [4.78, 5) is 7.05. The van der Waals surface area contributed by atoms with Crippen LogP contribution in [0.25, 0.3) is 10.4 Å². The van der Waals surface area contributed by atoms with Gasteiger partial charge in [0.05, 0.1) is 0 Å². The van der Waals surface area contributed by atoms with Gasteiger partial charge in [-0.3, -0.25) is 0 Å². The Kier molecular flexibility index (Phi) is 18.6. The average Bonchev–Trinajstić information content (AvgIpc) is 2.04. The van der Waals surface area contributed by atoms with Crippen LogP contribution in [0.2, 0.25) is 0 Å². The highest BCUT2D eigenvalue weighted by molar-refractivity contribution is 5.85. The van der Waals surface area contributed by atoms with Gasteiger partial charge in [0.1, 0.15) is 0 Å². The third-order valence-electron chi connectivity index (χ3n) is 1.79. The third-order valence-corrected chi connectivity index (χ3v) is 1.79. The van der Waals surface area contributed by atoms with Crippen LogP contribution in [-0.4, -0.2) is 57.1 Å². The maximum atomic E-state index is 8.06. The highest BCUT2D eigenvalue weighted by Gasteiger charge is 1.97. The molecule has 0 saturated heterocycles. The topological polar surface area (TPSA) is 55.2 Å². The SMILES string of the molecule is CN(C)CCCN(C)CCN=[N+]=[N-].Cl.Cl. The van der Waals surface area contributed by atoms with Gasteiger partial charge in [0.2, 0.25) is 0 Å². The van der Waals surface area contributed by atoms with Gasteiger partial charge >= 0.3 is 0 Å². The lowest BCUT2D eigenvalue weighted by Crippen LogP contribution is -2.25. The van der Waals surface area contributed by atoms with E-state index in [4.69, 9.17) is 5.53 Å². The molecule has 0 aromatic carbocycles. The van der Waals surface area contributed by atoms with Crippen molar-refractivity contribution >= 4 is 24.8 Å². The van der Waals surface area contributed by atoms with Gasteiger partial charge in [-0.25, -0.2) is 0 Å². The molecule has 0 fully saturated rings. The first-order chi connectivity index (χ1) is 6.16. The Hall–Kier alpha value is -0.190. The molecule has 0 bridgehead atoms. The molecular formula is C8H21Cl2N5. The molecule has 5 nitrogen and oxygen atoms in total. The van der Waals surface area contributed by atoms with Crippen molar-refractivity contribution in [2.24, 2.45) is 5.11 Å². The molecule has 0 aliphatic heterocycles. The second kappa shape index (κ2) is 13.8. The molecule has 92 valence electrons. The van der Waals surface area contributed by atoms with E-state index >= 15 is 0 Å². The zero-order valence-electron chi connectivity index (χ0n) is 9.59. The molecule has 0 heterocycles. The minimum Gasteiger partial charge on any atom is -0.309 e. The molecule has 0 unspecified atom stereocenters. The summed E-state index contributed by atoms with van der Waals surface area (Å²) in [7, 11) is 6.18. The van der Waals surface area contributed by atoms with Gasteiger partial charge in [-0.15, -0.1) is 24.8 Å². The van der Waals surface area contributed by atoms with Crippen molar-refractivity contribution in [3.05, 3.63) is 10.4 Å². The predicted molar refractivity (Wildman–Crippen MR) is 69.2 cm³/mol. The van der Waals surface area contributed by atoms with Crippen molar-refractivity contribution in [3.8, 4) is 0 Å². The lowest BCUT2D eigenvalue weighted by Gasteiger charge is -2.16. The third kappa shape index (κ3) is 16.5. The fraction of sp³-hybridized carbons (Fsp3) is 1.00.